The van der Waals surface area contributed by atoms with Crippen LogP contribution in [0.1, 0.15) is 72.1 Å². The molecule has 2 atom stereocenters. The number of carbonyl (C=O) groups is 1. The predicted octanol–water partition coefficient (Wildman–Crippen LogP) is 3.54. The molecule has 1 aliphatic heterocycles. The predicted molar refractivity (Wildman–Crippen MR) is 83.4 cm³/mol. The van der Waals surface area contributed by atoms with Crippen LogP contribution in [0.5, 0.6) is 0 Å². The van der Waals surface area contributed by atoms with E-state index in [1.165, 1.54) is 38.5 Å². The molecule has 2 rings (SSSR count). The van der Waals surface area contributed by atoms with Crippen molar-refractivity contribution in [2.75, 3.05) is 6.54 Å². The zero-order valence-electron chi connectivity index (χ0n) is 13.5. The van der Waals surface area contributed by atoms with E-state index in [9.17, 15) is 4.79 Å². The number of nitrogens with zero attached hydrogens (tertiary/aromatic N) is 1. The minimum absolute atomic E-state index is 0.0715. The number of carbonyl (C=O) groups excluding carboxylic acids is 1. The highest BCUT2D eigenvalue weighted by molar-refractivity contribution is 5.84. The summed E-state index contributed by atoms with van der Waals surface area (Å²) in [6.45, 7) is 7.59. The second-order valence-corrected chi connectivity index (χ2v) is 7.08. The van der Waals surface area contributed by atoms with Crippen LogP contribution in [-0.2, 0) is 4.79 Å². The molecule has 1 amide bonds. The van der Waals surface area contributed by atoms with Crippen molar-refractivity contribution < 1.29 is 4.79 Å². The molecule has 0 spiro atoms. The summed E-state index contributed by atoms with van der Waals surface area (Å²) in [6.07, 6.45) is 10.2. The van der Waals surface area contributed by atoms with Crippen LogP contribution in [0, 0.1) is 11.8 Å². The van der Waals surface area contributed by atoms with Gasteiger partial charge in [-0.1, -0.05) is 46.5 Å². The van der Waals surface area contributed by atoms with E-state index in [0.717, 1.165) is 19.4 Å². The summed E-state index contributed by atoms with van der Waals surface area (Å²) in [5, 5.41) is 3.67. The molecule has 116 valence electrons. The lowest BCUT2D eigenvalue weighted by Crippen LogP contribution is -2.43. The highest BCUT2D eigenvalue weighted by Gasteiger charge is 2.42. The summed E-state index contributed by atoms with van der Waals surface area (Å²) in [7, 11) is 0. The number of rotatable bonds is 7. The highest BCUT2D eigenvalue weighted by Crippen LogP contribution is 2.33. The van der Waals surface area contributed by atoms with E-state index < -0.39 is 0 Å². The second-order valence-electron chi connectivity index (χ2n) is 7.08. The first kappa shape index (κ1) is 15.8. The second kappa shape index (κ2) is 7.44. The fourth-order valence-electron chi connectivity index (χ4n) is 3.79. The van der Waals surface area contributed by atoms with Crippen molar-refractivity contribution >= 4 is 5.91 Å². The molecule has 1 saturated heterocycles. The molecule has 1 aliphatic carbocycles. The molecule has 20 heavy (non-hydrogen) atoms. The molecule has 0 aromatic heterocycles. The topological polar surface area (TPSA) is 32.3 Å². The Bertz CT molecular complexity index is 310. The van der Waals surface area contributed by atoms with E-state index >= 15 is 0 Å². The van der Waals surface area contributed by atoms with E-state index in [-0.39, 0.29) is 6.04 Å². The fourth-order valence-corrected chi connectivity index (χ4v) is 3.79. The Kier molecular flexibility index (Phi) is 5.88. The van der Waals surface area contributed by atoms with Crippen molar-refractivity contribution in [1.82, 2.24) is 10.2 Å². The van der Waals surface area contributed by atoms with Gasteiger partial charge in [0.25, 0.3) is 0 Å². The Morgan fingerprint density at radius 3 is 2.55 bits per heavy atom. The van der Waals surface area contributed by atoms with Gasteiger partial charge >= 0.3 is 0 Å². The van der Waals surface area contributed by atoms with Crippen LogP contribution in [0.25, 0.3) is 0 Å². The molecule has 2 fully saturated rings. The standard InChI is InChI=1S/C17H32N2O/c1-4-5-8-11-19-16(14-9-6-7-10-14)18-15(17(19)20)12-13(2)3/h13-16,18H,4-12H2,1-3H3. The van der Waals surface area contributed by atoms with Crippen molar-refractivity contribution in [3.05, 3.63) is 0 Å². The van der Waals surface area contributed by atoms with Gasteiger partial charge in [-0.3, -0.25) is 10.1 Å². The zero-order valence-corrected chi connectivity index (χ0v) is 13.5. The number of nitrogens with one attached hydrogen (secondary N) is 1. The summed E-state index contributed by atoms with van der Waals surface area (Å²) in [5.41, 5.74) is 0. The Labute approximate surface area is 124 Å². The smallest absolute Gasteiger partial charge is 0.241 e. The lowest BCUT2D eigenvalue weighted by molar-refractivity contribution is -0.131. The largest absolute Gasteiger partial charge is 0.326 e. The lowest BCUT2D eigenvalue weighted by Gasteiger charge is -2.29. The van der Waals surface area contributed by atoms with Crippen molar-refractivity contribution in [1.29, 1.82) is 0 Å². The molecule has 0 radical (unpaired) electrons. The van der Waals surface area contributed by atoms with Gasteiger partial charge in [-0.25, -0.2) is 0 Å². The average Bonchev–Trinajstić information content (AvgIpc) is 3.01. The molecule has 2 unspecified atom stereocenters. The van der Waals surface area contributed by atoms with Gasteiger partial charge in [-0.05, 0) is 37.5 Å². The van der Waals surface area contributed by atoms with Gasteiger partial charge in [-0.15, -0.1) is 0 Å². The Morgan fingerprint density at radius 2 is 1.95 bits per heavy atom. The van der Waals surface area contributed by atoms with Gasteiger partial charge in [0.2, 0.25) is 5.91 Å². The van der Waals surface area contributed by atoms with Crippen LogP contribution in [-0.4, -0.2) is 29.6 Å². The molecule has 0 bridgehead atoms. The Balaban J connectivity index is 1.99. The lowest BCUT2D eigenvalue weighted by atomic mass is 10.0. The van der Waals surface area contributed by atoms with Gasteiger partial charge in [0.05, 0.1) is 12.2 Å². The molecule has 1 N–H and O–H groups in total. The van der Waals surface area contributed by atoms with Gasteiger partial charge in [0.15, 0.2) is 0 Å². The van der Waals surface area contributed by atoms with Crippen molar-refractivity contribution in [3.8, 4) is 0 Å². The molecule has 3 heteroatoms. The van der Waals surface area contributed by atoms with E-state index in [1.54, 1.807) is 0 Å². The van der Waals surface area contributed by atoms with Crippen molar-refractivity contribution in [3.63, 3.8) is 0 Å². The molecule has 1 saturated carbocycles. The Hall–Kier alpha value is -0.570. The minimum atomic E-state index is 0.0715. The SMILES string of the molecule is CCCCCN1C(=O)C(CC(C)C)NC1C1CCCC1. The first-order valence-electron chi connectivity index (χ1n) is 8.70. The first-order chi connectivity index (χ1) is 9.63. The highest BCUT2D eigenvalue weighted by atomic mass is 16.2. The molecule has 3 nitrogen and oxygen atoms in total. The van der Waals surface area contributed by atoms with Gasteiger partial charge in [0, 0.05) is 6.54 Å². The van der Waals surface area contributed by atoms with Crippen LogP contribution in [0.3, 0.4) is 0 Å². The normalized spacial score (nSPS) is 28.0. The number of hydrogen-bond donors (Lipinski definition) is 1. The van der Waals surface area contributed by atoms with E-state index in [0.29, 0.717) is 23.9 Å². The van der Waals surface area contributed by atoms with Gasteiger partial charge in [-0.2, -0.15) is 0 Å². The molecule has 0 aromatic carbocycles. The van der Waals surface area contributed by atoms with Gasteiger partial charge in [0.1, 0.15) is 0 Å². The zero-order chi connectivity index (χ0) is 14.5. The maximum atomic E-state index is 12.7. The summed E-state index contributed by atoms with van der Waals surface area (Å²) >= 11 is 0. The first-order valence-corrected chi connectivity index (χ1v) is 8.70. The molecular formula is C17H32N2O. The number of hydrogen-bond acceptors (Lipinski definition) is 2. The summed E-state index contributed by atoms with van der Waals surface area (Å²) < 4.78 is 0. The van der Waals surface area contributed by atoms with Crippen molar-refractivity contribution in [2.45, 2.75) is 84.3 Å². The van der Waals surface area contributed by atoms with Crippen LogP contribution in [0.15, 0.2) is 0 Å². The van der Waals surface area contributed by atoms with Crippen LogP contribution < -0.4 is 5.32 Å². The monoisotopic (exact) mass is 280 g/mol. The van der Waals surface area contributed by atoms with Crippen LogP contribution in [0.2, 0.25) is 0 Å². The van der Waals surface area contributed by atoms with E-state index in [2.05, 4.69) is 31.0 Å². The van der Waals surface area contributed by atoms with Gasteiger partial charge < -0.3 is 4.90 Å². The molecule has 2 aliphatic rings. The summed E-state index contributed by atoms with van der Waals surface area (Å²) in [4.78, 5) is 14.8. The summed E-state index contributed by atoms with van der Waals surface area (Å²) in [6, 6.07) is 0.0715. The quantitative estimate of drug-likeness (QED) is 0.723. The third-order valence-corrected chi connectivity index (χ3v) is 4.84. The average molecular weight is 280 g/mol. The molecular weight excluding hydrogens is 248 g/mol. The third-order valence-electron chi connectivity index (χ3n) is 4.84. The fraction of sp³-hybridized carbons (Fsp3) is 0.941. The van der Waals surface area contributed by atoms with E-state index in [4.69, 9.17) is 0 Å². The minimum Gasteiger partial charge on any atom is -0.326 e. The molecule has 0 aromatic rings. The summed E-state index contributed by atoms with van der Waals surface area (Å²) in [5.74, 6) is 1.64. The van der Waals surface area contributed by atoms with E-state index in [1.807, 2.05) is 0 Å². The number of unbranched alkanes of at least 4 members (excludes halogenated alkanes) is 2. The molecule has 1 heterocycles. The maximum Gasteiger partial charge on any atom is 0.241 e. The Morgan fingerprint density at radius 1 is 1.25 bits per heavy atom. The van der Waals surface area contributed by atoms with Crippen LogP contribution >= 0.6 is 0 Å². The third kappa shape index (κ3) is 3.75. The maximum absolute atomic E-state index is 12.7. The number of amides is 1. The van der Waals surface area contributed by atoms with Crippen molar-refractivity contribution in [2.24, 2.45) is 11.8 Å². The van der Waals surface area contributed by atoms with Crippen LogP contribution in [0.4, 0.5) is 0 Å².